The maximum absolute atomic E-state index is 5.47. The van der Waals surface area contributed by atoms with Crippen LogP contribution in [0.4, 0.5) is 0 Å². The van der Waals surface area contributed by atoms with Crippen LogP contribution in [0.15, 0.2) is 12.3 Å². The molecule has 2 fully saturated rings. The summed E-state index contributed by atoms with van der Waals surface area (Å²) in [5.74, 6) is 0. The number of ether oxygens (including phenoxy) is 1. The van der Waals surface area contributed by atoms with Crippen molar-refractivity contribution in [2.24, 2.45) is 0 Å². The third-order valence-electron chi connectivity index (χ3n) is 4.58. The molecule has 1 aromatic rings. The Morgan fingerprint density at radius 1 is 1.44 bits per heavy atom. The summed E-state index contributed by atoms with van der Waals surface area (Å²) in [6, 6.07) is 2.86. The first kappa shape index (κ1) is 12.2. The van der Waals surface area contributed by atoms with Crippen LogP contribution in [-0.4, -0.2) is 47.4 Å². The smallest absolute Gasteiger partial charge is 0.0490 e. The molecule has 0 saturated carbocycles. The summed E-state index contributed by atoms with van der Waals surface area (Å²) in [5.41, 5.74) is 1.53. The summed E-state index contributed by atoms with van der Waals surface area (Å²) >= 11 is 0. The van der Waals surface area contributed by atoms with Crippen LogP contribution in [-0.2, 0) is 10.2 Å². The minimum Gasteiger partial charge on any atom is -0.381 e. The minimum absolute atomic E-state index is 0.243. The molecule has 0 aliphatic carbocycles. The van der Waals surface area contributed by atoms with E-state index in [-0.39, 0.29) is 5.41 Å². The fourth-order valence-electron chi connectivity index (χ4n) is 3.45. The Kier molecular flexibility index (Phi) is 3.39. The molecular formula is C14H23N3O. The van der Waals surface area contributed by atoms with Gasteiger partial charge in [-0.05, 0) is 38.3 Å². The molecule has 0 spiro atoms. The second-order valence-corrected chi connectivity index (χ2v) is 5.95. The summed E-state index contributed by atoms with van der Waals surface area (Å²) in [4.78, 5) is 2.67. The van der Waals surface area contributed by atoms with Crippen LogP contribution in [0.1, 0.15) is 38.3 Å². The summed E-state index contributed by atoms with van der Waals surface area (Å²) in [5, 5.41) is 7.29. The normalized spacial score (nSPS) is 31.6. The number of H-pyrrole nitrogens is 1. The topological polar surface area (TPSA) is 41.2 Å². The number of aromatic nitrogens is 2. The van der Waals surface area contributed by atoms with Crippen molar-refractivity contribution in [3.8, 4) is 0 Å². The summed E-state index contributed by atoms with van der Waals surface area (Å²) in [7, 11) is 0. The van der Waals surface area contributed by atoms with Gasteiger partial charge in [-0.3, -0.25) is 10.00 Å². The molecule has 4 heteroatoms. The lowest BCUT2D eigenvalue weighted by molar-refractivity contribution is 0.0136. The van der Waals surface area contributed by atoms with E-state index in [0.29, 0.717) is 0 Å². The fraction of sp³-hybridized carbons (Fsp3) is 0.786. The van der Waals surface area contributed by atoms with E-state index in [9.17, 15) is 0 Å². The highest BCUT2D eigenvalue weighted by atomic mass is 16.5. The lowest BCUT2D eigenvalue weighted by atomic mass is 9.78. The van der Waals surface area contributed by atoms with Crippen molar-refractivity contribution in [3.05, 3.63) is 18.0 Å². The van der Waals surface area contributed by atoms with Crippen LogP contribution in [0, 0.1) is 0 Å². The van der Waals surface area contributed by atoms with Gasteiger partial charge in [-0.15, -0.1) is 0 Å². The van der Waals surface area contributed by atoms with Gasteiger partial charge in [0.1, 0.15) is 0 Å². The van der Waals surface area contributed by atoms with Gasteiger partial charge in [0, 0.05) is 43.1 Å². The van der Waals surface area contributed by atoms with E-state index in [4.69, 9.17) is 4.74 Å². The van der Waals surface area contributed by atoms with Gasteiger partial charge < -0.3 is 4.74 Å². The first-order valence-electron chi connectivity index (χ1n) is 7.10. The monoisotopic (exact) mass is 249 g/mol. The molecule has 1 N–H and O–H groups in total. The largest absolute Gasteiger partial charge is 0.381 e. The minimum atomic E-state index is 0.243. The second-order valence-electron chi connectivity index (χ2n) is 5.95. The predicted octanol–water partition coefficient (Wildman–Crippen LogP) is 1.94. The van der Waals surface area contributed by atoms with Crippen molar-refractivity contribution in [1.82, 2.24) is 15.1 Å². The van der Waals surface area contributed by atoms with E-state index in [1.165, 1.54) is 37.9 Å². The van der Waals surface area contributed by atoms with Crippen LogP contribution < -0.4 is 0 Å². The van der Waals surface area contributed by atoms with Crippen LogP contribution in [0.2, 0.25) is 0 Å². The Morgan fingerprint density at radius 3 is 3.00 bits per heavy atom. The molecule has 2 aliphatic rings. The molecule has 0 amide bonds. The lowest BCUT2D eigenvalue weighted by Gasteiger charge is -2.44. The Balaban J connectivity index is 1.71. The van der Waals surface area contributed by atoms with E-state index in [1.54, 1.807) is 0 Å². The summed E-state index contributed by atoms with van der Waals surface area (Å²) in [6.07, 6.45) is 6.80. The van der Waals surface area contributed by atoms with Crippen molar-refractivity contribution in [1.29, 1.82) is 0 Å². The molecule has 2 saturated heterocycles. The molecule has 2 aliphatic heterocycles. The summed E-state index contributed by atoms with van der Waals surface area (Å²) in [6.45, 7) is 6.63. The average Bonchev–Trinajstić information content (AvgIpc) is 2.95. The third kappa shape index (κ3) is 2.31. The Labute approximate surface area is 109 Å². The molecule has 100 valence electrons. The van der Waals surface area contributed by atoms with Crippen molar-refractivity contribution in [2.75, 3.05) is 26.3 Å². The molecule has 0 radical (unpaired) electrons. The first-order valence-corrected chi connectivity index (χ1v) is 7.10. The maximum Gasteiger partial charge on any atom is 0.0490 e. The molecule has 1 aromatic heterocycles. The molecule has 18 heavy (non-hydrogen) atoms. The zero-order valence-corrected chi connectivity index (χ0v) is 11.2. The highest BCUT2D eigenvalue weighted by Crippen LogP contribution is 2.34. The van der Waals surface area contributed by atoms with E-state index in [0.717, 1.165) is 25.8 Å². The van der Waals surface area contributed by atoms with Crippen LogP contribution >= 0.6 is 0 Å². The first-order chi connectivity index (χ1) is 8.78. The second kappa shape index (κ2) is 5.02. The van der Waals surface area contributed by atoms with Crippen LogP contribution in [0.5, 0.6) is 0 Å². The molecule has 0 aromatic carbocycles. The van der Waals surface area contributed by atoms with Crippen LogP contribution in [0.3, 0.4) is 0 Å². The molecular weight excluding hydrogens is 226 g/mol. The highest BCUT2D eigenvalue weighted by molar-refractivity contribution is 5.15. The number of likely N-dealkylation sites (tertiary alicyclic amines) is 1. The van der Waals surface area contributed by atoms with E-state index < -0.39 is 0 Å². The van der Waals surface area contributed by atoms with E-state index >= 15 is 0 Å². The van der Waals surface area contributed by atoms with Gasteiger partial charge in [-0.2, -0.15) is 5.10 Å². The van der Waals surface area contributed by atoms with Crippen LogP contribution in [0.25, 0.3) is 0 Å². The van der Waals surface area contributed by atoms with E-state index in [1.807, 2.05) is 6.20 Å². The number of rotatable bonds is 2. The number of aromatic amines is 1. The highest BCUT2D eigenvalue weighted by Gasteiger charge is 2.36. The Bertz CT molecular complexity index is 372. The van der Waals surface area contributed by atoms with E-state index in [2.05, 4.69) is 28.1 Å². The van der Waals surface area contributed by atoms with Gasteiger partial charge in [0.25, 0.3) is 0 Å². The number of nitrogens with one attached hydrogen (secondary N) is 1. The summed E-state index contributed by atoms with van der Waals surface area (Å²) < 4.78 is 5.47. The third-order valence-corrected chi connectivity index (χ3v) is 4.58. The molecule has 1 atom stereocenters. The van der Waals surface area contributed by atoms with Gasteiger partial charge >= 0.3 is 0 Å². The van der Waals surface area contributed by atoms with Crippen molar-refractivity contribution in [2.45, 2.75) is 44.1 Å². The average molecular weight is 249 g/mol. The van der Waals surface area contributed by atoms with Gasteiger partial charge in [0.2, 0.25) is 0 Å². The SMILES string of the molecule is CC1(c2ccn[nH]2)CCCN(C2CCOCC2)C1. The van der Waals surface area contributed by atoms with Gasteiger partial charge in [0.05, 0.1) is 0 Å². The predicted molar refractivity (Wildman–Crippen MR) is 70.6 cm³/mol. The zero-order chi connectivity index (χ0) is 12.4. The van der Waals surface area contributed by atoms with Crippen molar-refractivity contribution < 1.29 is 4.74 Å². The molecule has 3 rings (SSSR count). The van der Waals surface area contributed by atoms with Gasteiger partial charge in [0.15, 0.2) is 0 Å². The fourth-order valence-corrected chi connectivity index (χ4v) is 3.45. The molecule has 1 unspecified atom stereocenters. The quantitative estimate of drug-likeness (QED) is 0.871. The lowest BCUT2D eigenvalue weighted by Crippen LogP contribution is -2.50. The van der Waals surface area contributed by atoms with Gasteiger partial charge in [-0.1, -0.05) is 6.92 Å². The number of nitrogens with zero attached hydrogens (tertiary/aromatic N) is 2. The number of piperidine rings is 1. The van der Waals surface area contributed by atoms with Crippen molar-refractivity contribution >= 4 is 0 Å². The van der Waals surface area contributed by atoms with Crippen molar-refractivity contribution in [3.63, 3.8) is 0 Å². The Morgan fingerprint density at radius 2 is 2.28 bits per heavy atom. The maximum atomic E-state index is 5.47. The standard InChI is InChI=1S/C14H23N3O/c1-14(13-3-7-15-16-13)6-2-8-17(11-14)12-4-9-18-10-5-12/h3,7,12H,2,4-6,8-11H2,1H3,(H,15,16). The molecule has 0 bridgehead atoms. The number of hydrogen-bond donors (Lipinski definition) is 1. The molecule has 3 heterocycles. The van der Waals surface area contributed by atoms with Gasteiger partial charge in [-0.25, -0.2) is 0 Å². The molecule has 4 nitrogen and oxygen atoms in total. The number of hydrogen-bond acceptors (Lipinski definition) is 3. The Hall–Kier alpha value is -0.870. The zero-order valence-electron chi connectivity index (χ0n) is 11.2.